The lowest BCUT2D eigenvalue weighted by Crippen LogP contribution is -2.45. The fourth-order valence-electron chi connectivity index (χ4n) is 2.88. The highest BCUT2D eigenvalue weighted by molar-refractivity contribution is 7.92. The molecule has 2 rings (SSSR count). The molecule has 0 saturated heterocycles. The molecule has 1 atom stereocenters. The van der Waals surface area contributed by atoms with E-state index in [1.54, 1.807) is 49.4 Å². The first-order chi connectivity index (χ1) is 13.6. The molecule has 0 saturated carbocycles. The molecule has 0 radical (unpaired) electrons. The Labute approximate surface area is 170 Å². The van der Waals surface area contributed by atoms with Gasteiger partial charge in [-0.1, -0.05) is 6.07 Å². The van der Waals surface area contributed by atoms with Gasteiger partial charge in [0.25, 0.3) is 0 Å². The maximum absolute atomic E-state index is 12.8. The van der Waals surface area contributed by atoms with Crippen molar-refractivity contribution >= 4 is 33.3 Å². The molecule has 0 fully saturated rings. The van der Waals surface area contributed by atoms with Crippen molar-refractivity contribution in [2.24, 2.45) is 0 Å². The van der Waals surface area contributed by atoms with Crippen LogP contribution in [0.4, 0.5) is 11.4 Å². The van der Waals surface area contributed by atoms with Gasteiger partial charge in [-0.3, -0.25) is 9.10 Å². The maximum atomic E-state index is 12.8. The van der Waals surface area contributed by atoms with Gasteiger partial charge in [0, 0.05) is 5.69 Å². The Balaban J connectivity index is 2.34. The number of methoxy groups -OCH3 is 2. The molecule has 9 heteroatoms. The number of nitrogens with zero attached hydrogens (tertiary/aromatic N) is 1. The minimum Gasteiger partial charge on any atom is -0.497 e. The maximum Gasteiger partial charge on any atom is 0.338 e. The summed E-state index contributed by atoms with van der Waals surface area (Å²) >= 11 is 0. The Bertz CT molecular complexity index is 1000. The van der Waals surface area contributed by atoms with Crippen molar-refractivity contribution in [3.63, 3.8) is 0 Å². The molecule has 8 nitrogen and oxygen atoms in total. The molecule has 0 aliphatic rings. The molecule has 1 amide bonds. The van der Waals surface area contributed by atoms with E-state index in [-0.39, 0.29) is 0 Å². The number of carbonyl (C=O) groups excluding carboxylic acids is 2. The molecule has 0 aromatic heterocycles. The van der Waals surface area contributed by atoms with Crippen LogP contribution in [0.3, 0.4) is 0 Å². The number of esters is 1. The highest BCUT2D eigenvalue weighted by atomic mass is 32.2. The van der Waals surface area contributed by atoms with Crippen molar-refractivity contribution < 1.29 is 27.5 Å². The number of rotatable bonds is 7. The van der Waals surface area contributed by atoms with Crippen LogP contribution in [0.25, 0.3) is 0 Å². The first kappa shape index (κ1) is 22.2. The quantitative estimate of drug-likeness (QED) is 0.691. The zero-order chi connectivity index (χ0) is 21.8. The average Bonchev–Trinajstić information content (AvgIpc) is 2.68. The van der Waals surface area contributed by atoms with Crippen LogP contribution in [0.2, 0.25) is 0 Å². The molecule has 156 valence electrons. The summed E-state index contributed by atoms with van der Waals surface area (Å²) in [5.41, 5.74) is 1.56. The zero-order valence-corrected chi connectivity index (χ0v) is 17.7. The number of sulfonamides is 1. The fraction of sp³-hybridized carbons (Fsp3) is 0.300. The molecule has 2 aromatic rings. The van der Waals surface area contributed by atoms with Crippen LogP contribution in [-0.2, 0) is 19.6 Å². The lowest BCUT2D eigenvalue weighted by Gasteiger charge is -2.28. The molecule has 0 spiro atoms. The lowest BCUT2D eigenvalue weighted by molar-refractivity contribution is -0.116. The average molecular weight is 420 g/mol. The third kappa shape index (κ3) is 5.05. The Morgan fingerprint density at radius 2 is 1.69 bits per heavy atom. The van der Waals surface area contributed by atoms with Gasteiger partial charge < -0.3 is 14.8 Å². The molecule has 0 aliphatic carbocycles. The number of ether oxygens (including phenoxy) is 2. The summed E-state index contributed by atoms with van der Waals surface area (Å²) < 4.78 is 35.6. The van der Waals surface area contributed by atoms with Crippen molar-refractivity contribution in [2.75, 3.05) is 30.1 Å². The van der Waals surface area contributed by atoms with E-state index in [1.807, 2.05) is 0 Å². The van der Waals surface area contributed by atoms with Crippen LogP contribution in [0.5, 0.6) is 5.75 Å². The Kier molecular flexibility index (Phi) is 6.86. The predicted molar refractivity (Wildman–Crippen MR) is 111 cm³/mol. The number of amides is 1. The van der Waals surface area contributed by atoms with Gasteiger partial charge in [0.15, 0.2) is 0 Å². The summed E-state index contributed by atoms with van der Waals surface area (Å²) in [7, 11) is -0.976. The largest absolute Gasteiger partial charge is 0.497 e. The van der Waals surface area contributed by atoms with Gasteiger partial charge in [-0.2, -0.15) is 0 Å². The van der Waals surface area contributed by atoms with E-state index in [0.717, 1.165) is 10.6 Å². The lowest BCUT2D eigenvalue weighted by atomic mass is 10.1. The second kappa shape index (κ2) is 8.95. The van der Waals surface area contributed by atoms with E-state index in [2.05, 4.69) is 5.32 Å². The van der Waals surface area contributed by atoms with Crippen molar-refractivity contribution in [2.45, 2.75) is 19.9 Å². The van der Waals surface area contributed by atoms with E-state index in [9.17, 15) is 18.0 Å². The van der Waals surface area contributed by atoms with Gasteiger partial charge in [0.05, 0.1) is 31.7 Å². The molecular weight excluding hydrogens is 396 g/mol. The van der Waals surface area contributed by atoms with Gasteiger partial charge in [-0.25, -0.2) is 13.2 Å². The molecule has 2 aromatic carbocycles. The first-order valence-electron chi connectivity index (χ1n) is 8.72. The zero-order valence-electron chi connectivity index (χ0n) is 16.9. The van der Waals surface area contributed by atoms with Gasteiger partial charge in [0.2, 0.25) is 15.9 Å². The highest BCUT2D eigenvalue weighted by Crippen LogP contribution is 2.25. The Hall–Kier alpha value is -3.07. The van der Waals surface area contributed by atoms with Crippen molar-refractivity contribution in [3.8, 4) is 5.75 Å². The SMILES string of the molecule is COC(=O)c1cccc(NC(=O)[C@@H](C)N(c2ccc(OC)cc2)S(C)(=O)=O)c1C. The van der Waals surface area contributed by atoms with Gasteiger partial charge in [-0.15, -0.1) is 0 Å². The van der Waals surface area contributed by atoms with Crippen molar-refractivity contribution in [3.05, 3.63) is 53.6 Å². The number of anilines is 2. The smallest absolute Gasteiger partial charge is 0.338 e. The highest BCUT2D eigenvalue weighted by Gasteiger charge is 2.29. The summed E-state index contributed by atoms with van der Waals surface area (Å²) in [6.45, 7) is 3.16. The summed E-state index contributed by atoms with van der Waals surface area (Å²) in [4.78, 5) is 24.7. The number of hydrogen-bond donors (Lipinski definition) is 1. The Morgan fingerprint density at radius 1 is 1.07 bits per heavy atom. The van der Waals surface area contributed by atoms with Crippen LogP contribution in [-0.4, -0.2) is 46.8 Å². The topological polar surface area (TPSA) is 102 Å². The summed E-state index contributed by atoms with van der Waals surface area (Å²) in [6.07, 6.45) is 1.03. The van der Waals surface area contributed by atoms with Crippen LogP contribution < -0.4 is 14.4 Å². The number of nitrogens with one attached hydrogen (secondary N) is 1. The Morgan fingerprint density at radius 3 is 2.21 bits per heavy atom. The summed E-state index contributed by atoms with van der Waals surface area (Å²) in [5.74, 6) is -0.506. The number of carbonyl (C=O) groups is 2. The van der Waals surface area contributed by atoms with Gasteiger partial charge >= 0.3 is 5.97 Å². The molecule has 0 bridgehead atoms. The van der Waals surface area contributed by atoms with Crippen LogP contribution in [0, 0.1) is 6.92 Å². The van der Waals surface area contributed by atoms with E-state index < -0.39 is 27.9 Å². The van der Waals surface area contributed by atoms with Crippen LogP contribution >= 0.6 is 0 Å². The van der Waals surface area contributed by atoms with E-state index in [4.69, 9.17) is 9.47 Å². The molecule has 0 unspecified atom stereocenters. The first-order valence-corrected chi connectivity index (χ1v) is 10.6. The van der Waals surface area contributed by atoms with Gasteiger partial charge in [0.1, 0.15) is 11.8 Å². The van der Waals surface area contributed by atoms with Crippen LogP contribution in [0.15, 0.2) is 42.5 Å². The third-order valence-corrected chi connectivity index (χ3v) is 5.65. The number of benzene rings is 2. The molecular formula is C20H24N2O6S. The molecule has 0 aliphatic heterocycles. The normalized spacial score (nSPS) is 12.0. The molecule has 29 heavy (non-hydrogen) atoms. The standard InChI is InChI=1S/C20H24N2O6S/c1-13-17(20(24)28-4)7-6-8-18(13)21-19(23)14(2)22(29(5,25)26)15-9-11-16(27-3)12-10-15/h6-12,14H,1-5H3,(H,21,23)/t14-/m1/s1. The monoisotopic (exact) mass is 420 g/mol. The van der Waals surface area contributed by atoms with E-state index in [0.29, 0.717) is 28.3 Å². The summed E-state index contributed by atoms with van der Waals surface area (Å²) in [6, 6.07) is 10.1. The minimum absolute atomic E-state index is 0.313. The fourth-order valence-corrected chi connectivity index (χ4v) is 4.05. The van der Waals surface area contributed by atoms with E-state index >= 15 is 0 Å². The van der Waals surface area contributed by atoms with Crippen molar-refractivity contribution in [1.82, 2.24) is 0 Å². The van der Waals surface area contributed by atoms with Gasteiger partial charge in [-0.05, 0) is 55.8 Å². The van der Waals surface area contributed by atoms with Crippen LogP contribution in [0.1, 0.15) is 22.8 Å². The second-order valence-electron chi connectivity index (χ2n) is 6.39. The minimum atomic E-state index is -3.75. The third-order valence-electron chi connectivity index (χ3n) is 4.41. The summed E-state index contributed by atoms with van der Waals surface area (Å²) in [5, 5.41) is 2.70. The molecule has 0 heterocycles. The second-order valence-corrected chi connectivity index (χ2v) is 8.25. The predicted octanol–water partition coefficient (Wildman–Crippen LogP) is 2.58. The van der Waals surface area contributed by atoms with Crippen molar-refractivity contribution in [1.29, 1.82) is 0 Å². The molecule has 1 N–H and O–H groups in total. The van der Waals surface area contributed by atoms with E-state index in [1.165, 1.54) is 21.1 Å². The number of hydrogen-bond acceptors (Lipinski definition) is 6.